The van der Waals surface area contributed by atoms with Gasteiger partial charge in [0.2, 0.25) is 5.95 Å². The van der Waals surface area contributed by atoms with Gasteiger partial charge in [-0.1, -0.05) is 224 Å². The van der Waals surface area contributed by atoms with E-state index in [4.69, 9.17) is 9.97 Å². The SMILES string of the molecule is c1ccc(-c2cccc([Si](c3ccccc3)(c3ccccc3)c3cccc(-c4cc(-c5cccc(-n6c7ccccc7c7ccccc76)c5)nc(-n5c6ccccc6c6ccccc65)n4)c3)c2)cc1. The molecule has 5 heteroatoms. The Hall–Kier alpha value is -8.90. The van der Waals surface area contributed by atoms with Crippen LogP contribution < -0.4 is 20.7 Å². The van der Waals surface area contributed by atoms with Gasteiger partial charge in [-0.3, -0.25) is 4.57 Å². The summed E-state index contributed by atoms with van der Waals surface area (Å²) in [6.07, 6.45) is 0. The molecule has 0 amide bonds. The predicted molar refractivity (Wildman–Crippen MR) is 291 cm³/mol. The fraction of sp³-hybridized carbons (Fsp3) is 0. The van der Waals surface area contributed by atoms with Crippen LogP contribution in [0.25, 0.3) is 88.9 Å². The van der Waals surface area contributed by atoms with E-state index in [-0.39, 0.29) is 0 Å². The largest absolute Gasteiger partial charge is 0.309 e. The molecule has 0 aliphatic rings. The van der Waals surface area contributed by atoms with Crippen molar-refractivity contribution in [2.75, 3.05) is 0 Å². The van der Waals surface area contributed by atoms with Crippen LogP contribution in [-0.4, -0.2) is 27.2 Å². The molecule has 0 spiro atoms. The summed E-state index contributed by atoms with van der Waals surface area (Å²) in [5.41, 5.74) is 11.7. The fourth-order valence-corrected chi connectivity index (χ4v) is 15.6. The Balaban J connectivity index is 1.06. The highest BCUT2D eigenvalue weighted by molar-refractivity contribution is 7.20. The van der Waals surface area contributed by atoms with Gasteiger partial charge in [0, 0.05) is 38.4 Å². The van der Waals surface area contributed by atoms with Crippen LogP contribution in [-0.2, 0) is 0 Å². The molecule has 4 nitrogen and oxygen atoms in total. The van der Waals surface area contributed by atoms with Crippen molar-refractivity contribution in [1.82, 2.24) is 19.1 Å². The second-order valence-corrected chi connectivity index (χ2v) is 21.5. The molecule has 0 aliphatic heterocycles. The molecule has 0 bridgehead atoms. The topological polar surface area (TPSA) is 35.6 Å². The number of benzene rings is 10. The molecule has 0 radical (unpaired) electrons. The highest BCUT2D eigenvalue weighted by atomic mass is 28.3. The zero-order valence-corrected chi connectivity index (χ0v) is 38.7. The Kier molecular flexibility index (Phi) is 9.81. The molecular weight excluding hydrogens is 853 g/mol. The maximum absolute atomic E-state index is 5.58. The maximum Gasteiger partial charge on any atom is 0.235 e. The van der Waals surface area contributed by atoms with Gasteiger partial charge in [0.25, 0.3) is 0 Å². The highest BCUT2D eigenvalue weighted by Crippen LogP contribution is 2.36. The second-order valence-electron chi connectivity index (χ2n) is 17.7. The predicted octanol–water partition coefficient (Wildman–Crippen LogP) is 13.0. The van der Waals surface area contributed by atoms with Crippen LogP contribution in [0.2, 0.25) is 0 Å². The molecule has 0 atom stereocenters. The summed E-state index contributed by atoms with van der Waals surface area (Å²) >= 11 is 0. The van der Waals surface area contributed by atoms with Crippen molar-refractivity contribution in [2.45, 2.75) is 0 Å². The number of fused-ring (bicyclic) bond motifs is 6. The van der Waals surface area contributed by atoms with E-state index in [1.807, 2.05) is 0 Å². The Morgan fingerprint density at radius 1 is 0.261 bits per heavy atom. The van der Waals surface area contributed by atoms with E-state index >= 15 is 0 Å². The van der Waals surface area contributed by atoms with Crippen LogP contribution in [0.3, 0.4) is 0 Å². The van der Waals surface area contributed by atoms with Gasteiger partial charge in [0.1, 0.15) is 0 Å². The minimum absolute atomic E-state index is 0.623. The molecule has 13 aromatic rings. The highest BCUT2D eigenvalue weighted by Gasteiger charge is 2.42. The van der Waals surface area contributed by atoms with Crippen LogP contribution in [0, 0.1) is 0 Å². The lowest BCUT2D eigenvalue weighted by atomic mass is 10.1. The van der Waals surface area contributed by atoms with Crippen molar-refractivity contribution < 1.29 is 0 Å². The van der Waals surface area contributed by atoms with Gasteiger partial charge in [0.05, 0.1) is 33.5 Å². The molecule has 324 valence electrons. The zero-order chi connectivity index (χ0) is 45.7. The number of rotatable bonds is 9. The summed E-state index contributed by atoms with van der Waals surface area (Å²) in [6.45, 7) is 0. The first-order valence-electron chi connectivity index (χ1n) is 23.6. The third-order valence-electron chi connectivity index (χ3n) is 13.9. The van der Waals surface area contributed by atoms with E-state index in [9.17, 15) is 0 Å². The van der Waals surface area contributed by atoms with Crippen molar-refractivity contribution in [3.8, 4) is 45.3 Å². The Labute approximate surface area is 401 Å². The number of hydrogen-bond acceptors (Lipinski definition) is 2. The van der Waals surface area contributed by atoms with Crippen molar-refractivity contribution in [2.24, 2.45) is 0 Å². The fourth-order valence-electron chi connectivity index (χ4n) is 10.8. The molecule has 0 unspecified atom stereocenters. The number of aromatic nitrogens is 4. The van der Waals surface area contributed by atoms with Gasteiger partial charge in [0.15, 0.2) is 8.07 Å². The molecule has 69 heavy (non-hydrogen) atoms. The third kappa shape index (κ3) is 6.74. The van der Waals surface area contributed by atoms with Crippen molar-refractivity contribution in [3.63, 3.8) is 0 Å². The van der Waals surface area contributed by atoms with Gasteiger partial charge in [-0.15, -0.1) is 0 Å². The molecule has 0 aliphatic carbocycles. The smallest absolute Gasteiger partial charge is 0.235 e. The van der Waals surface area contributed by atoms with E-state index in [2.05, 4.69) is 276 Å². The number of hydrogen-bond donors (Lipinski definition) is 0. The quantitative estimate of drug-likeness (QED) is 0.107. The molecule has 3 aromatic heterocycles. The van der Waals surface area contributed by atoms with Crippen LogP contribution in [0.1, 0.15) is 0 Å². The summed E-state index contributed by atoms with van der Waals surface area (Å²) in [7, 11) is -2.98. The second kappa shape index (κ2) is 16.8. The molecule has 0 fully saturated rings. The van der Waals surface area contributed by atoms with E-state index < -0.39 is 8.07 Å². The Bertz CT molecular complexity index is 3880. The molecule has 0 N–H and O–H groups in total. The van der Waals surface area contributed by atoms with Crippen LogP contribution in [0.15, 0.2) is 267 Å². The summed E-state index contributed by atoms with van der Waals surface area (Å²) in [6, 6.07) is 97.0. The monoisotopic (exact) mass is 896 g/mol. The lowest BCUT2D eigenvalue weighted by Crippen LogP contribution is -2.74. The van der Waals surface area contributed by atoms with Gasteiger partial charge in [-0.2, -0.15) is 0 Å². The van der Waals surface area contributed by atoms with E-state index in [1.165, 1.54) is 64.5 Å². The standard InChI is InChI=1S/C64H44N4Si/c1-4-21-45(22-5-1)46-23-19-31-52(42-46)69(50-27-6-2-7-28-50,51-29-8-3-9-30-51)53-32-20-25-48(43-53)59-44-58(65-64(66-59)68-62-39-16-12-35-56(62)57-36-13-17-40-63(57)68)47-24-18-26-49(41-47)67-60-37-14-10-33-54(60)55-34-11-15-38-61(55)67/h1-44H. The number of nitrogens with zero attached hydrogens (tertiary/aromatic N) is 4. The minimum Gasteiger partial charge on any atom is -0.309 e. The van der Waals surface area contributed by atoms with E-state index in [1.54, 1.807) is 0 Å². The summed E-state index contributed by atoms with van der Waals surface area (Å²) < 4.78 is 4.61. The molecule has 3 heterocycles. The molecular formula is C64H44N4Si. The first-order valence-corrected chi connectivity index (χ1v) is 25.6. The van der Waals surface area contributed by atoms with E-state index in [0.29, 0.717) is 5.95 Å². The average Bonchev–Trinajstić information content (AvgIpc) is 3.95. The summed E-state index contributed by atoms with van der Waals surface area (Å²) in [5, 5.41) is 10.0. The molecule has 13 rings (SSSR count). The Morgan fingerprint density at radius 3 is 1.13 bits per heavy atom. The van der Waals surface area contributed by atoms with E-state index in [0.717, 1.165) is 39.2 Å². The van der Waals surface area contributed by atoms with Crippen LogP contribution >= 0.6 is 0 Å². The lowest BCUT2D eigenvalue weighted by Gasteiger charge is -2.35. The maximum atomic E-state index is 5.58. The van der Waals surface area contributed by atoms with Gasteiger partial charge in [-0.25, -0.2) is 9.97 Å². The molecule has 0 saturated heterocycles. The molecule has 10 aromatic carbocycles. The van der Waals surface area contributed by atoms with Crippen LogP contribution in [0.5, 0.6) is 0 Å². The normalized spacial score (nSPS) is 11.8. The van der Waals surface area contributed by atoms with Gasteiger partial charge >= 0.3 is 0 Å². The first kappa shape index (κ1) is 40.4. The minimum atomic E-state index is -2.98. The van der Waals surface area contributed by atoms with Gasteiger partial charge in [-0.05, 0) is 74.3 Å². The van der Waals surface area contributed by atoms with Crippen molar-refractivity contribution in [1.29, 1.82) is 0 Å². The molecule has 0 saturated carbocycles. The van der Waals surface area contributed by atoms with Crippen molar-refractivity contribution in [3.05, 3.63) is 267 Å². The van der Waals surface area contributed by atoms with Crippen LogP contribution in [0.4, 0.5) is 0 Å². The average molecular weight is 897 g/mol. The lowest BCUT2D eigenvalue weighted by molar-refractivity contribution is 0.995. The summed E-state index contributed by atoms with van der Waals surface area (Å²) in [5.74, 6) is 0.623. The third-order valence-corrected chi connectivity index (χ3v) is 18.6. The van der Waals surface area contributed by atoms with Gasteiger partial charge < -0.3 is 4.57 Å². The first-order chi connectivity index (χ1) is 34.2. The number of para-hydroxylation sites is 4. The van der Waals surface area contributed by atoms with Crippen molar-refractivity contribution >= 4 is 72.4 Å². The Morgan fingerprint density at radius 2 is 0.623 bits per heavy atom. The summed E-state index contributed by atoms with van der Waals surface area (Å²) in [4.78, 5) is 11.1. The zero-order valence-electron chi connectivity index (χ0n) is 37.7.